The highest BCUT2D eigenvalue weighted by Crippen LogP contribution is 2.10. The van der Waals surface area contributed by atoms with Crippen LogP contribution >= 0.6 is 0 Å². The molecule has 4 N–H and O–H groups in total. The summed E-state index contributed by atoms with van der Waals surface area (Å²) in [5.74, 6) is 0. The van der Waals surface area contributed by atoms with Gasteiger partial charge in [0, 0.05) is 0 Å². The Bertz CT molecular complexity index is 111. The molecule has 0 amide bonds. The first-order chi connectivity index (χ1) is 4.87. The lowest BCUT2D eigenvalue weighted by Gasteiger charge is -2.26. The molecule has 0 aromatic heterocycles. The van der Waals surface area contributed by atoms with Gasteiger partial charge in [0.05, 0.1) is 18.2 Å². The molecular weight excluding hydrogens is 146 g/mol. The van der Waals surface area contributed by atoms with Gasteiger partial charge in [-0.25, -0.2) is 0 Å². The second kappa shape index (κ2) is 4.01. The zero-order valence-electron chi connectivity index (χ0n) is 7.24. The van der Waals surface area contributed by atoms with Gasteiger partial charge >= 0.3 is 0 Å². The Kier molecular flexibility index (Phi) is 3.96. The molecule has 0 aliphatic heterocycles. The molecule has 0 aromatic rings. The van der Waals surface area contributed by atoms with Gasteiger partial charge in [0.25, 0.3) is 0 Å². The van der Waals surface area contributed by atoms with E-state index in [1.165, 1.54) is 0 Å². The summed E-state index contributed by atoms with van der Waals surface area (Å²) in [5.41, 5.74) is 4.86. The second-order valence-electron chi connectivity index (χ2n) is 3.47. The highest BCUT2D eigenvalue weighted by molar-refractivity contribution is 4.67. The first-order valence-electron chi connectivity index (χ1n) is 3.59. The van der Waals surface area contributed by atoms with E-state index in [0.29, 0.717) is 0 Å². The van der Waals surface area contributed by atoms with Gasteiger partial charge < -0.3 is 20.7 Å². The van der Waals surface area contributed by atoms with Crippen LogP contribution in [0.1, 0.15) is 20.8 Å². The van der Waals surface area contributed by atoms with Gasteiger partial charge in [-0.2, -0.15) is 0 Å². The van der Waals surface area contributed by atoms with Crippen LogP contribution in [0.4, 0.5) is 0 Å². The van der Waals surface area contributed by atoms with E-state index in [4.69, 9.17) is 20.7 Å². The normalized spacial score (nSPS) is 18.0. The van der Waals surface area contributed by atoms with Crippen molar-refractivity contribution >= 4 is 0 Å². The predicted molar refractivity (Wildman–Crippen MR) is 41.9 cm³/mol. The van der Waals surface area contributed by atoms with Gasteiger partial charge in [0.15, 0.2) is 6.29 Å². The fraction of sp³-hybridized carbons (Fsp3) is 1.00. The Morgan fingerprint density at radius 2 is 1.91 bits per heavy atom. The Balaban J connectivity index is 3.77. The van der Waals surface area contributed by atoms with Gasteiger partial charge in [-0.15, -0.1) is 0 Å². The minimum absolute atomic E-state index is 0.281. The van der Waals surface area contributed by atoms with Gasteiger partial charge in [0.2, 0.25) is 0 Å². The Morgan fingerprint density at radius 3 is 2.18 bits per heavy atom. The second-order valence-corrected chi connectivity index (χ2v) is 3.47. The van der Waals surface area contributed by atoms with Crippen LogP contribution in [0, 0.1) is 0 Å². The standard InChI is InChI=1S/C7H17NO3/c1-7(2,3)11-6(10)5(8)4-9/h5-6,9-10H,4,8H2,1-3H3/t5-,6?/m0/s1. The highest BCUT2D eigenvalue weighted by Gasteiger charge is 2.21. The van der Waals surface area contributed by atoms with Crippen molar-refractivity contribution in [2.24, 2.45) is 5.73 Å². The van der Waals surface area contributed by atoms with Gasteiger partial charge in [0.1, 0.15) is 0 Å². The molecule has 0 heterocycles. The van der Waals surface area contributed by atoms with Crippen LogP contribution in [0.25, 0.3) is 0 Å². The van der Waals surface area contributed by atoms with E-state index in [-0.39, 0.29) is 6.61 Å². The summed E-state index contributed by atoms with van der Waals surface area (Å²) in [6, 6.07) is -0.728. The number of aliphatic hydroxyl groups excluding tert-OH is 2. The molecule has 11 heavy (non-hydrogen) atoms. The lowest BCUT2D eigenvalue weighted by molar-refractivity contribution is -0.179. The van der Waals surface area contributed by atoms with Crippen molar-refractivity contribution in [1.82, 2.24) is 0 Å². The van der Waals surface area contributed by atoms with Gasteiger partial charge in [-0.1, -0.05) is 0 Å². The molecule has 4 nitrogen and oxygen atoms in total. The molecule has 0 aromatic carbocycles. The molecule has 4 heteroatoms. The molecule has 0 radical (unpaired) electrons. The maximum Gasteiger partial charge on any atom is 0.172 e. The third-order valence-electron chi connectivity index (χ3n) is 1.05. The van der Waals surface area contributed by atoms with Crippen molar-refractivity contribution in [3.05, 3.63) is 0 Å². The van der Waals surface area contributed by atoms with E-state index in [1.54, 1.807) is 20.8 Å². The quantitative estimate of drug-likeness (QED) is 0.487. The minimum Gasteiger partial charge on any atom is -0.395 e. The van der Waals surface area contributed by atoms with Crippen molar-refractivity contribution < 1.29 is 14.9 Å². The van der Waals surface area contributed by atoms with Gasteiger partial charge in [-0.05, 0) is 20.8 Å². The number of nitrogens with two attached hydrogens (primary N) is 1. The molecule has 0 spiro atoms. The third-order valence-corrected chi connectivity index (χ3v) is 1.05. The summed E-state index contributed by atoms with van der Waals surface area (Å²) in [5, 5.41) is 17.7. The summed E-state index contributed by atoms with van der Waals surface area (Å²) in [6.45, 7) is 5.14. The molecule has 68 valence electrons. The summed E-state index contributed by atoms with van der Waals surface area (Å²) >= 11 is 0. The Hall–Kier alpha value is -0.160. The van der Waals surface area contributed by atoms with E-state index in [0.717, 1.165) is 0 Å². The van der Waals surface area contributed by atoms with E-state index >= 15 is 0 Å². The van der Waals surface area contributed by atoms with Crippen LogP contribution in [-0.4, -0.2) is 34.8 Å². The fourth-order valence-electron chi connectivity index (χ4n) is 0.540. The average molecular weight is 163 g/mol. The molecule has 0 aliphatic carbocycles. The molecule has 0 fully saturated rings. The number of hydrogen-bond acceptors (Lipinski definition) is 4. The summed E-state index contributed by atoms with van der Waals surface area (Å²) in [4.78, 5) is 0. The van der Waals surface area contributed by atoms with Crippen LogP contribution in [0.3, 0.4) is 0 Å². The molecule has 0 saturated heterocycles. The van der Waals surface area contributed by atoms with E-state index in [1.807, 2.05) is 0 Å². The molecule has 2 atom stereocenters. The zero-order chi connectivity index (χ0) is 9.07. The van der Waals surface area contributed by atoms with Crippen molar-refractivity contribution in [1.29, 1.82) is 0 Å². The maximum atomic E-state index is 9.15. The minimum atomic E-state index is -1.10. The highest BCUT2D eigenvalue weighted by atomic mass is 16.6. The molecule has 0 saturated carbocycles. The molecule has 0 rings (SSSR count). The van der Waals surface area contributed by atoms with Crippen LogP contribution in [-0.2, 0) is 4.74 Å². The number of rotatable bonds is 3. The average Bonchev–Trinajstić information content (AvgIpc) is 1.82. The Morgan fingerprint density at radius 1 is 1.45 bits per heavy atom. The van der Waals surface area contributed by atoms with Crippen molar-refractivity contribution in [2.75, 3.05) is 6.61 Å². The smallest absolute Gasteiger partial charge is 0.172 e. The monoisotopic (exact) mass is 163 g/mol. The summed E-state index contributed by atoms with van der Waals surface area (Å²) < 4.78 is 5.06. The summed E-state index contributed by atoms with van der Waals surface area (Å²) in [6.07, 6.45) is -1.10. The largest absolute Gasteiger partial charge is 0.395 e. The van der Waals surface area contributed by atoms with Crippen LogP contribution in [0.15, 0.2) is 0 Å². The van der Waals surface area contributed by atoms with E-state index in [9.17, 15) is 0 Å². The third kappa shape index (κ3) is 5.15. The number of hydrogen-bond donors (Lipinski definition) is 3. The molecule has 0 bridgehead atoms. The number of ether oxygens (including phenoxy) is 1. The van der Waals surface area contributed by atoms with Crippen molar-refractivity contribution in [2.45, 2.75) is 38.7 Å². The van der Waals surface area contributed by atoms with Gasteiger partial charge in [-0.3, -0.25) is 0 Å². The topological polar surface area (TPSA) is 75.7 Å². The SMILES string of the molecule is CC(C)(C)OC(O)[C@@H](N)CO. The van der Waals surface area contributed by atoms with Crippen molar-refractivity contribution in [3.63, 3.8) is 0 Å². The summed E-state index contributed by atoms with van der Waals surface area (Å²) in [7, 11) is 0. The lowest BCUT2D eigenvalue weighted by Crippen LogP contribution is -2.43. The zero-order valence-corrected chi connectivity index (χ0v) is 7.24. The first-order valence-corrected chi connectivity index (χ1v) is 3.59. The predicted octanol–water partition coefficient (Wildman–Crippen LogP) is -0.560. The van der Waals surface area contributed by atoms with Crippen LogP contribution in [0.2, 0.25) is 0 Å². The molecular formula is C7H17NO3. The van der Waals surface area contributed by atoms with Crippen LogP contribution in [0.5, 0.6) is 0 Å². The fourth-order valence-corrected chi connectivity index (χ4v) is 0.540. The van der Waals surface area contributed by atoms with E-state index < -0.39 is 17.9 Å². The lowest BCUT2D eigenvalue weighted by atomic mass is 10.2. The molecule has 0 aliphatic rings. The van der Waals surface area contributed by atoms with E-state index in [2.05, 4.69) is 0 Å². The van der Waals surface area contributed by atoms with Crippen molar-refractivity contribution in [3.8, 4) is 0 Å². The first kappa shape index (κ1) is 10.8. The maximum absolute atomic E-state index is 9.15. The number of aliphatic hydroxyl groups is 2. The van der Waals surface area contributed by atoms with Crippen LogP contribution < -0.4 is 5.73 Å². The molecule has 1 unspecified atom stereocenters. The Labute approximate surface area is 67.0 Å².